The van der Waals surface area contributed by atoms with Gasteiger partial charge in [0.1, 0.15) is 6.10 Å². The molecule has 3 N–H and O–H groups in total. The van der Waals surface area contributed by atoms with E-state index in [2.05, 4.69) is 0 Å². The lowest BCUT2D eigenvalue weighted by Crippen LogP contribution is -2.25. The summed E-state index contributed by atoms with van der Waals surface area (Å²) in [5, 5.41) is 26.2. The molecule has 0 aromatic heterocycles. The molecule has 148 valence electrons. The summed E-state index contributed by atoms with van der Waals surface area (Å²) in [5.41, 5.74) is 0. The standard InChI is InChI=1S/C19H36O6/c20-15-17(16-21)25-19(24)14-12-10-8-6-4-2-1-3-5-7-9-11-13-18(22)23/h17,20-21H,1-16H2,(H,22,23). The number of unbranched alkanes of at least 4 members (excludes halogenated alkanes) is 11. The van der Waals surface area contributed by atoms with Crippen molar-refractivity contribution in [2.45, 2.75) is 96.0 Å². The fourth-order valence-electron chi connectivity index (χ4n) is 2.69. The molecule has 0 amide bonds. The predicted molar refractivity (Wildman–Crippen MR) is 96.3 cm³/mol. The third-order valence-electron chi connectivity index (χ3n) is 4.23. The number of carbonyl (C=O) groups is 2. The minimum atomic E-state index is -0.787. The number of hydrogen-bond acceptors (Lipinski definition) is 5. The molecule has 0 heterocycles. The first kappa shape index (κ1) is 23.9. The summed E-state index contributed by atoms with van der Waals surface area (Å²) in [7, 11) is 0. The van der Waals surface area contributed by atoms with Gasteiger partial charge in [0, 0.05) is 12.8 Å². The van der Waals surface area contributed by atoms with Crippen LogP contribution in [0.25, 0.3) is 0 Å². The summed E-state index contributed by atoms with van der Waals surface area (Å²) >= 11 is 0. The van der Waals surface area contributed by atoms with Crippen LogP contribution in [0.2, 0.25) is 0 Å². The highest BCUT2D eigenvalue weighted by molar-refractivity contribution is 5.69. The summed E-state index contributed by atoms with van der Waals surface area (Å²) in [5.74, 6) is -1.05. The Morgan fingerprint density at radius 2 is 1.00 bits per heavy atom. The molecule has 0 bridgehead atoms. The molecule has 0 fully saturated rings. The van der Waals surface area contributed by atoms with Crippen molar-refractivity contribution in [1.82, 2.24) is 0 Å². The first-order chi connectivity index (χ1) is 12.1. The van der Waals surface area contributed by atoms with Crippen LogP contribution in [0.3, 0.4) is 0 Å². The number of ether oxygens (including phenoxy) is 1. The highest BCUT2D eigenvalue weighted by Gasteiger charge is 2.11. The highest BCUT2D eigenvalue weighted by atomic mass is 16.6. The maximum Gasteiger partial charge on any atom is 0.306 e. The SMILES string of the molecule is O=C(O)CCCCCCCCCCCCCCC(=O)OC(CO)CO. The Labute approximate surface area is 151 Å². The number of aliphatic hydroxyl groups excluding tert-OH is 2. The van der Waals surface area contributed by atoms with Crippen LogP contribution < -0.4 is 0 Å². The smallest absolute Gasteiger partial charge is 0.306 e. The van der Waals surface area contributed by atoms with Crippen molar-refractivity contribution in [3.8, 4) is 0 Å². The number of hydrogen-bond donors (Lipinski definition) is 3. The van der Waals surface area contributed by atoms with Crippen molar-refractivity contribution in [3.63, 3.8) is 0 Å². The average molecular weight is 360 g/mol. The normalized spacial score (nSPS) is 11.0. The van der Waals surface area contributed by atoms with E-state index in [0.717, 1.165) is 38.5 Å². The van der Waals surface area contributed by atoms with E-state index in [1.165, 1.54) is 38.5 Å². The van der Waals surface area contributed by atoms with Crippen molar-refractivity contribution in [1.29, 1.82) is 0 Å². The molecule has 0 atom stereocenters. The molecule has 6 heteroatoms. The van der Waals surface area contributed by atoms with E-state index in [0.29, 0.717) is 12.8 Å². The summed E-state index contributed by atoms with van der Waals surface area (Å²) in [6.07, 6.45) is 13.0. The Hall–Kier alpha value is -1.14. The molecule has 0 spiro atoms. The fourth-order valence-corrected chi connectivity index (χ4v) is 2.69. The molecule has 0 saturated carbocycles. The number of carboxylic acids is 1. The van der Waals surface area contributed by atoms with Gasteiger partial charge in [-0.15, -0.1) is 0 Å². The zero-order chi connectivity index (χ0) is 18.8. The van der Waals surface area contributed by atoms with E-state index in [-0.39, 0.29) is 19.2 Å². The van der Waals surface area contributed by atoms with Crippen molar-refractivity contribution in [3.05, 3.63) is 0 Å². The molecule has 0 aromatic rings. The van der Waals surface area contributed by atoms with Crippen LogP contribution in [0, 0.1) is 0 Å². The Bertz CT molecular complexity index is 328. The van der Waals surface area contributed by atoms with Crippen molar-refractivity contribution in [2.75, 3.05) is 13.2 Å². The Morgan fingerprint density at radius 1 is 0.640 bits per heavy atom. The number of aliphatic hydroxyl groups is 2. The zero-order valence-electron chi connectivity index (χ0n) is 15.5. The van der Waals surface area contributed by atoms with E-state index >= 15 is 0 Å². The summed E-state index contributed by atoms with van der Waals surface area (Å²) < 4.78 is 4.90. The van der Waals surface area contributed by atoms with Gasteiger partial charge in [-0.3, -0.25) is 9.59 Å². The van der Waals surface area contributed by atoms with Gasteiger partial charge in [0.05, 0.1) is 13.2 Å². The van der Waals surface area contributed by atoms with Gasteiger partial charge < -0.3 is 20.1 Å². The molecule has 0 unspecified atom stereocenters. The quantitative estimate of drug-likeness (QED) is 0.255. The lowest BCUT2D eigenvalue weighted by molar-refractivity contribution is -0.153. The lowest BCUT2D eigenvalue weighted by atomic mass is 10.0. The molecule has 6 nitrogen and oxygen atoms in total. The molecule has 25 heavy (non-hydrogen) atoms. The Morgan fingerprint density at radius 3 is 1.36 bits per heavy atom. The van der Waals surface area contributed by atoms with Crippen molar-refractivity contribution in [2.24, 2.45) is 0 Å². The van der Waals surface area contributed by atoms with Gasteiger partial charge in [0.2, 0.25) is 0 Å². The maximum atomic E-state index is 11.4. The first-order valence-corrected chi connectivity index (χ1v) is 9.73. The van der Waals surface area contributed by atoms with Crippen LogP contribution in [-0.2, 0) is 14.3 Å². The monoisotopic (exact) mass is 360 g/mol. The lowest BCUT2D eigenvalue weighted by Gasteiger charge is -2.12. The topological polar surface area (TPSA) is 104 Å². The number of esters is 1. The molecule has 0 rings (SSSR count). The van der Waals surface area contributed by atoms with Crippen LogP contribution in [0.15, 0.2) is 0 Å². The second-order valence-corrected chi connectivity index (χ2v) is 6.61. The molecule has 0 aliphatic carbocycles. The third kappa shape index (κ3) is 17.5. The van der Waals surface area contributed by atoms with Gasteiger partial charge in [0.25, 0.3) is 0 Å². The van der Waals surface area contributed by atoms with Crippen LogP contribution in [0.4, 0.5) is 0 Å². The number of rotatable bonds is 18. The van der Waals surface area contributed by atoms with Gasteiger partial charge in [-0.25, -0.2) is 0 Å². The van der Waals surface area contributed by atoms with Crippen molar-refractivity contribution >= 4 is 11.9 Å². The fraction of sp³-hybridized carbons (Fsp3) is 0.895. The highest BCUT2D eigenvalue weighted by Crippen LogP contribution is 2.13. The molecule has 0 aliphatic rings. The Kier molecular flexibility index (Phi) is 16.9. The summed E-state index contributed by atoms with van der Waals surface area (Å²) in [6, 6.07) is 0. The molecular formula is C19H36O6. The van der Waals surface area contributed by atoms with E-state index in [4.69, 9.17) is 20.1 Å². The largest absolute Gasteiger partial charge is 0.481 e. The van der Waals surface area contributed by atoms with Crippen LogP contribution in [-0.4, -0.2) is 46.6 Å². The number of aliphatic carboxylic acids is 1. The average Bonchev–Trinajstić information content (AvgIpc) is 2.59. The van der Waals surface area contributed by atoms with E-state index in [9.17, 15) is 9.59 Å². The second kappa shape index (κ2) is 17.7. The number of carbonyl (C=O) groups excluding carboxylic acids is 1. The van der Waals surface area contributed by atoms with Gasteiger partial charge >= 0.3 is 11.9 Å². The van der Waals surface area contributed by atoms with Crippen molar-refractivity contribution < 1.29 is 29.6 Å². The third-order valence-corrected chi connectivity index (χ3v) is 4.23. The van der Waals surface area contributed by atoms with Gasteiger partial charge in [0.15, 0.2) is 0 Å². The minimum absolute atomic E-state index is 0.293. The molecule has 0 saturated heterocycles. The Balaban J connectivity index is 3.21. The summed E-state index contributed by atoms with van der Waals surface area (Å²) in [6.45, 7) is -0.685. The van der Waals surface area contributed by atoms with E-state index < -0.39 is 12.1 Å². The van der Waals surface area contributed by atoms with Gasteiger partial charge in [-0.05, 0) is 12.8 Å². The first-order valence-electron chi connectivity index (χ1n) is 9.73. The molecule has 0 aliphatic heterocycles. The van der Waals surface area contributed by atoms with Crippen LogP contribution in [0.1, 0.15) is 89.9 Å². The molecule has 0 aromatic carbocycles. The van der Waals surface area contributed by atoms with Gasteiger partial charge in [-0.1, -0.05) is 64.2 Å². The second-order valence-electron chi connectivity index (χ2n) is 6.61. The summed E-state index contributed by atoms with van der Waals surface area (Å²) in [4.78, 5) is 21.8. The molecule has 0 radical (unpaired) electrons. The zero-order valence-corrected chi connectivity index (χ0v) is 15.5. The van der Waals surface area contributed by atoms with E-state index in [1.54, 1.807) is 0 Å². The predicted octanol–water partition coefficient (Wildman–Crippen LogP) is 3.43. The number of carboxylic acid groups (broad SMARTS) is 1. The van der Waals surface area contributed by atoms with Crippen LogP contribution in [0.5, 0.6) is 0 Å². The maximum absolute atomic E-state index is 11.4. The molecular weight excluding hydrogens is 324 g/mol. The van der Waals surface area contributed by atoms with E-state index in [1.807, 2.05) is 0 Å². The van der Waals surface area contributed by atoms with Crippen LogP contribution >= 0.6 is 0 Å². The van der Waals surface area contributed by atoms with Gasteiger partial charge in [-0.2, -0.15) is 0 Å². The minimum Gasteiger partial charge on any atom is -0.481 e.